The maximum Gasteiger partial charge on any atom is 0.413 e. The number of Topliss-reactive ketones (excluding diaryl/α,β-unsaturated/α-hetero) is 1. The number of fused-ring (bicyclic) bond motifs is 1. The van der Waals surface area contributed by atoms with Crippen molar-refractivity contribution in [2.75, 3.05) is 37.6 Å². The molecule has 4 N–H and O–H groups in total. The number of allylic oxidation sites excluding steroid dienone is 3. The van der Waals surface area contributed by atoms with E-state index in [1.54, 1.807) is 78.0 Å². The fourth-order valence-corrected chi connectivity index (χ4v) is 10.4. The van der Waals surface area contributed by atoms with Gasteiger partial charge in [0.15, 0.2) is 33.9 Å². The second kappa shape index (κ2) is 23.8. The maximum atomic E-state index is 14.6. The number of esters is 1. The number of aromatic nitrogens is 5. The number of phenols is 2. The summed E-state index contributed by atoms with van der Waals surface area (Å²) in [5.41, 5.74) is -2.46. The highest BCUT2D eigenvalue weighted by atomic mass is 32.2. The van der Waals surface area contributed by atoms with Gasteiger partial charge in [0.1, 0.15) is 46.4 Å². The molecule has 400 valence electrons. The number of oxime groups is 1. The highest BCUT2D eigenvalue weighted by Crippen LogP contribution is 2.41. The summed E-state index contributed by atoms with van der Waals surface area (Å²) in [4.78, 5) is 83.8. The molecule has 0 saturated carbocycles. The van der Waals surface area contributed by atoms with E-state index in [2.05, 4.69) is 41.3 Å². The number of ether oxygens (including phenoxy) is 4. The van der Waals surface area contributed by atoms with Gasteiger partial charge in [-0.3, -0.25) is 33.8 Å². The number of tetrazole rings is 1. The summed E-state index contributed by atoms with van der Waals surface area (Å²) in [5, 5.41) is 41.6. The average molecular weight is 1090 g/mol. The Kier molecular flexibility index (Phi) is 18.1. The van der Waals surface area contributed by atoms with Crippen molar-refractivity contribution in [3.05, 3.63) is 93.1 Å². The lowest BCUT2D eigenvalue weighted by Crippen LogP contribution is -2.73. The molecule has 0 radical (unpaired) electrons. The van der Waals surface area contributed by atoms with E-state index < -0.39 is 80.1 Å². The van der Waals surface area contributed by atoms with Gasteiger partial charge in [0.05, 0.1) is 37.3 Å². The number of aromatic hydroxyl groups is 2. The summed E-state index contributed by atoms with van der Waals surface area (Å²) in [6, 6.07) is 7.57. The number of nitrogens with one attached hydrogen (secondary N) is 2. The molecule has 2 aliphatic heterocycles. The summed E-state index contributed by atoms with van der Waals surface area (Å²) in [7, 11) is 1.18. The molecule has 26 heteroatoms. The van der Waals surface area contributed by atoms with Gasteiger partial charge in [-0.15, -0.1) is 28.2 Å². The minimum absolute atomic E-state index is 0.0259. The van der Waals surface area contributed by atoms with Crippen LogP contribution in [0, 0.1) is 0 Å². The summed E-state index contributed by atoms with van der Waals surface area (Å²) < 4.78 is 37.8. The van der Waals surface area contributed by atoms with Crippen LogP contribution in [0.1, 0.15) is 89.8 Å². The van der Waals surface area contributed by atoms with Gasteiger partial charge in [0.25, 0.3) is 11.8 Å². The highest BCUT2D eigenvalue weighted by molar-refractivity contribution is 8.03. The number of benzene rings is 2. The molecule has 2 aromatic carbocycles. The third kappa shape index (κ3) is 14.4. The second-order valence-corrected chi connectivity index (χ2v) is 22.5. The molecule has 75 heavy (non-hydrogen) atoms. The number of nitrogens with zero attached hydrogens (tertiary/aromatic N) is 8. The lowest BCUT2D eigenvalue weighted by atomic mass is 10.0. The molecule has 6 rings (SSSR count). The topological polar surface area (TPSA) is 298 Å². The number of thioether (sulfide) groups is 1. The first-order chi connectivity index (χ1) is 35.3. The molecule has 1 saturated heterocycles. The second-order valence-electron chi connectivity index (χ2n) is 19.0. The van der Waals surface area contributed by atoms with Crippen LogP contribution in [0.3, 0.4) is 0 Å². The fraction of sp³-hybridized carbons (Fsp3) is 0.408. The number of carbonyl (C=O) groups excluding carboxylic acids is 5. The predicted octanol–water partition coefficient (Wildman–Crippen LogP) is 5.77. The lowest BCUT2D eigenvalue weighted by molar-refractivity contribution is -0.179. The average Bonchev–Trinajstić information content (AvgIpc) is 4.00. The molecular formula is C49H58N10O13S3. The van der Waals surface area contributed by atoms with Crippen molar-refractivity contribution in [3.8, 4) is 23.0 Å². The van der Waals surface area contributed by atoms with Crippen molar-refractivity contribution in [3.63, 3.8) is 0 Å². The van der Waals surface area contributed by atoms with Gasteiger partial charge in [-0.25, -0.2) is 19.3 Å². The van der Waals surface area contributed by atoms with E-state index in [4.69, 9.17) is 23.8 Å². The van der Waals surface area contributed by atoms with E-state index in [0.717, 1.165) is 17.4 Å². The van der Waals surface area contributed by atoms with Crippen molar-refractivity contribution in [1.29, 1.82) is 0 Å². The van der Waals surface area contributed by atoms with Crippen LogP contribution in [-0.2, 0) is 46.0 Å². The van der Waals surface area contributed by atoms with E-state index in [1.807, 2.05) is 6.92 Å². The van der Waals surface area contributed by atoms with Crippen LogP contribution in [0.25, 0.3) is 5.70 Å². The SMILES string of the molecule is C/C=C\C(=C/C=NCC(=O)c1ccc(O)c(O)c1)SCC1=C(c2nnnn2Cc2ccc(OC)cc2OC)N2C(=O)[C@@H](NC(=O)/C(=N\OC(C)(C)C(=O)OC(C)(C)C)c3csc(NC(=O)OC(C)(C)C)n3)[C@H]2S(=O)C1. The third-order valence-corrected chi connectivity index (χ3v) is 14.0. The largest absolute Gasteiger partial charge is 0.504 e. The van der Waals surface area contributed by atoms with E-state index in [9.17, 15) is 38.4 Å². The van der Waals surface area contributed by atoms with Crippen LogP contribution in [0.5, 0.6) is 23.0 Å². The van der Waals surface area contributed by atoms with Crippen LogP contribution in [0.15, 0.2) is 80.6 Å². The highest BCUT2D eigenvalue weighted by Gasteiger charge is 2.57. The minimum atomic E-state index is -1.85. The number of carbonyl (C=O) groups is 5. The monoisotopic (exact) mass is 1090 g/mol. The molecule has 2 aliphatic rings. The summed E-state index contributed by atoms with van der Waals surface area (Å²) in [6.45, 7) is 14.5. The Morgan fingerprint density at radius 1 is 0.987 bits per heavy atom. The number of methoxy groups -OCH3 is 2. The van der Waals surface area contributed by atoms with E-state index in [1.165, 1.54) is 73.1 Å². The number of anilines is 1. The van der Waals surface area contributed by atoms with Gasteiger partial charge in [-0.2, -0.15) is 0 Å². The van der Waals surface area contributed by atoms with Gasteiger partial charge in [-0.1, -0.05) is 17.3 Å². The first-order valence-electron chi connectivity index (χ1n) is 23.0. The number of hydrogen-bond acceptors (Lipinski definition) is 21. The lowest BCUT2D eigenvalue weighted by Gasteiger charge is -2.49. The molecule has 3 atom stereocenters. The zero-order chi connectivity index (χ0) is 55.0. The fourth-order valence-electron chi connectivity index (χ4n) is 6.98. The quantitative estimate of drug-likeness (QED) is 0.0155. The third-order valence-electron chi connectivity index (χ3n) is 10.5. The van der Waals surface area contributed by atoms with Gasteiger partial charge in [0.2, 0.25) is 5.60 Å². The molecule has 2 aromatic heterocycles. The molecule has 3 amide bonds. The normalized spacial score (nSPS) is 17.4. The van der Waals surface area contributed by atoms with E-state index in [0.29, 0.717) is 27.5 Å². The van der Waals surface area contributed by atoms with Crippen LogP contribution < -0.4 is 20.1 Å². The van der Waals surface area contributed by atoms with E-state index in [-0.39, 0.29) is 58.3 Å². The molecule has 0 aliphatic carbocycles. The molecule has 0 bridgehead atoms. The molecule has 1 fully saturated rings. The Bertz CT molecular complexity index is 3020. The Morgan fingerprint density at radius 3 is 2.39 bits per heavy atom. The Labute approximate surface area is 442 Å². The number of aliphatic imine (C=N–C) groups is 1. The number of thiazole rings is 1. The van der Waals surface area contributed by atoms with Gasteiger partial charge < -0.3 is 39.3 Å². The van der Waals surface area contributed by atoms with Crippen molar-refractivity contribution in [1.82, 2.24) is 35.4 Å². The van der Waals surface area contributed by atoms with Crippen molar-refractivity contribution in [2.45, 2.75) is 97.1 Å². The summed E-state index contributed by atoms with van der Waals surface area (Å²) >= 11 is 2.25. The first kappa shape index (κ1) is 56.8. The Morgan fingerprint density at radius 2 is 1.72 bits per heavy atom. The maximum absolute atomic E-state index is 14.6. The van der Waals surface area contributed by atoms with Crippen LogP contribution >= 0.6 is 23.1 Å². The Balaban J connectivity index is 1.33. The van der Waals surface area contributed by atoms with Gasteiger partial charge in [0, 0.05) is 45.2 Å². The van der Waals surface area contributed by atoms with Gasteiger partial charge in [-0.05, 0) is 115 Å². The van der Waals surface area contributed by atoms with Crippen molar-refractivity contribution in [2.24, 2.45) is 10.1 Å². The summed E-state index contributed by atoms with van der Waals surface area (Å²) in [6.07, 6.45) is 5.90. The first-order valence-corrected chi connectivity index (χ1v) is 26.2. The number of ketones is 1. The number of phenolic OH excluding ortho intramolecular Hbond substituents is 2. The van der Waals surface area contributed by atoms with Crippen LogP contribution in [0.2, 0.25) is 0 Å². The zero-order valence-corrected chi connectivity index (χ0v) is 45.5. The van der Waals surface area contributed by atoms with Crippen LogP contribution in [0.4, 0.5) is 9.93 Å². The predicted molar refractivity (Wildman–Crippen MR) is 281 cm³/mol. The minimum Gasteiger partial charge on any atom is -0.504 e. The summed E-state index contributed by atoms with van der Waals surface area (Å²) in [5.74, 6) is -2.41. The number of hydrogen-bond donors (Lipinski definition) is 4. The molecule has 23 nitrogen and oxygen atoms in total. The Hall–Kier alpha value is -7.45. The van der Waals surface area contributed by atoms with E-state index >= 15 is 0 Å². The number of β-lactam (4-membered cyclic amide) rings is 1. The molecule has 0 spiro atoms. The molecule has 4 aromatic rings. The van der Waals surface area contributed by atoms with Crippen molar-refractivity contribution < 1.29 is 62.2 Å². The molecule has 1 unspecified atom stereocenters. The smallest absolute Gasteiger partial charge is 0.413 e. The number of amides is 3. The molecule has 4 heterocycles. The molecular weight excluding hydrogens is 1030 g/mol. The van der Waals surface area contributed by atoms with Crippen molar-refractivity contribution >= 4 is 86.3 Å². The zero-order valence-electron chi connectivity index (χ0n) is 43.0. The number of rotatable bonds is 20. The standard InChI is InChI=1S/C49H58N10O13S3/c1-12-13-31(18-19-50-22-35(62)27-15-17-33(60)34(61)20-27)73-24-29-26-75(67)43-38(42(64)59(43)39(29)40-54-56-57-58(40)23-28-14-16-30(68-10)21-36(28)69-11)52-41(63)37(55-72-49(8,9)44(65)70-47(2,3)4)32-25-74-45(51-32)53-46(66)71-48(5,6)7/h12-21,25,38,43,60-61H,22-24,26H2,1-11H3,(H,52,63)(H,51,53,66)/b13-12-,31-18+,50-19?,55-37-/t38-,43-,75?/m1/s1. The van der Waals surface area contributed by atoms with Crippen LogP contribution in [-0.4, -0.2) is 147 Å². The van der Waals surface area contributed by atoms with Gasteiger partial charge >= 0.3 is 12.1 Å².